The second-order valence-corrected chi connectivity index (χ2v) is 4.58. The first-order chi connectivity index (χ1) is 9.65. The summed E-state index contributed by atoms with van der Waals surface area (Å²) in [6.07, 6.45) is 1.71. The molecule has 106 valence electrons. The van der Waals surface area contributed by atoms with Gasteiger partial charge in [-0.1, -0.05) is 17.7 Å². The maximum atomic E-state index is 11.6. The van der Waals surface area contributed by atoms with Crippen molar-refractivity contribution >= 4 is 5.91 Å². The van der Waals surface area contributed by atoms with Crippen LogP contribution in [0.2, 0.25) is 0 Å². The third kappa shape index (κ3) is 4.08. The van der Waals surface area contributed by atoms with E-state index in [1.807, 2.05) is 26.0 Å². The fraction of sp³-hybridized carbons (Fsp3) is 0.357. The van der Waals surface area contributed by atoms with Gasteiger partial charge in [-0.25, -0.2) is 4.98 Å². The highest BCUT2D eigenvalue weighted by molar-refractivity contribution is 5.75. The van der Waals surface area contributed by atoms with Crippen LogP contribution in [0.4, 0.5) is 0 Å². The van der Waals surface area contributed by atoms with Crippen molar-refractivity contribution in [1.29, 1.82) is 0 Å². The van der Waals surface area contributed by atoms with Gasteiger partial charge in [0.1, 0.15) is 17.9 Å². The summed E-state index contributed by atoms with van der Waals surface area (Å²) in [6.45, 7) is 4.73. The summed E-state index contributed by atoms with van der Waals surface area (Å²) in [5, 5.41) is 9.13. The van der Waals surface area contributed by atoms with Gasteiger partial charge in [0.05, 0.1) is 19.6 Å². The van der Waals surface area contributed by atoms with E-state index in [2.05, 4.69) is 26.6 Å². The number of carbonyl (C=O) groups is 1. The standard InChI is InChI=1S/C14H18N4O2/c1-10-3-4-12(11(2)7-10)20-6-5-14(19)15-8-13-16-9-17-18-13/h3-4,7,9H,5-6,8H2,1-2H3,(H,15,19)(H,16,17,18). The zero-order valence-corrected chi connectivity index (χ0v) is 11.6. The molecular formula is C14H18N4O2. The molecule has 1 amide bonds. The van der Waals surface area contributed by atoms with E-state index in [1.54, 1.807) is 0 Å². The predicted octanol–water partition coefficient (Wildman–Crippen LogP) is 1.51. The van der Waals surface area contributed by atoms with E-state index >= 15 is 0 Å². The summed E-state index contributed by atoms with van der Waals surface area (Å²) >= 11 is 0. The van der Waals surface area contributed by atoms with Crippen LogP contribution < -0.4 is 10.1 Å². The third-order valence-electron chi connectivity index (χ3n) is 2.84. The zero-order chi connectivity index (χ0) is 14.4. The van der Waals surface area contributed by atoms with Crippen LogP contribution in [0.3, 0.4) is 0 Å². The number of nitrogens with one attached hydrogen (secondary N) is 2. The van der Waals surface area contributed by atoms with Crippen molar-refractivity contribution in [3.05, 3.63) is 41.5 Å². The molecule has 2 N–H and O–H groups in total. The third-order valence-corrected chi connectivity index (χ3v) is 2.84. The molecule has 2 aromatic rings. The summed E-state index contributed by atoms with van der Waals surface area (Å²) in [5.41, 5.74) is 2.27. The maximum Gasteiger partial charge on any atom is 0.223 e. The summed E-state index contributed by atoms with van der Waals surface area (Å²) < 4.78 is 5.60. The van der Waals surface area contributed by atoms with Gasteiger partial charge in [0, 0.05) is 0 Å². The van der Waals surface area contributed by atoms with E-state index in [1.165, 1.54) is 11.9 Å². The number of carbonyl (C=O) groups excluding carboxylic acids is 1. The molecule has 0 bridgehead atoms. The number of rotatable bonds is 6. The second kappa shape index (κ2) is 6.70. The molecular weight excluding hydrogens is 256 g/mol. The number of benzene rings is 1. The van der Waals surface area contributed by atoms with E-state index in [0.717, 1.165) is 11.3 Å². The van der Waals surface area contributed by atoms with E-state index in [-0.39, 0.29) is 5.91 Å². The number of nitrogens with zero attached hydrogens (tertiary/aromatic N) is 2. The number of hydrogen-bond acceptors (Lipinski definition) is 4. The highest BCUT2D eigenvalue weighted by atomic mass is 16.5. The number of aryl methyl sites for hydroxylation is 2. The lowest BCUT2D eigenvalue weighted by Crippen LogP contribution is -2.25. The fourth-order valence-electron chi connectivity index (χ4n) is 1.80. The largest absolute Gasteiger partial charge is 0.493 e. The molecule has 0 spiro atoms. The maximum absolute atomic E-state index is 11.6. The Morgan fingerprint density at radius 1 is 1.40 bits per heavy atom. The van der Waals surface area contributed by atoms with Crippen LogP contribution in [0.15, 0.2) is 24.5 Å². The molecule has 0 radical (unpaired) electrons. The molecule has 0 aliphatic carbocycles. The molecule has 0 aliphatic heterocycles. The van der Waals surface area contributed by atoms with Crippen LogP contribution in [0, 0.1) is 13.8 Å². The Kier molecular flexibility index (Phi) is 4.70. The first kappa shape index (κ1) is 14.0. The lowest BCUT2D eigenvalue weighted by atomic mass is 10.1. The fourth-order valence-corrected chi connectivity index (χ4v) is 1.80. The van der Waals surface area contributed by atoms with E-state index in [9.17, 15) is 4.79 Å². The Labute approximate surface area is 117 Å². The Morgan fingerprint density at radius 2 is 2.25 bits per heavy atom. The number of hydrogen-bond donors (Lipinski definition) is 2. The van der Waals surface area contributed by atoms with Gasteiger partial charge in [-0.05, 0) is 25.5 Å². The van der Waals surface area contributed by atoms with E-state index in [4.69, 9.17) is 4.74 Å². The van der Waals surface area contributed by atoms with Crippen LogP contribution in [-0.2, 0) is 11.3 Å². The quantitative estimate of drug-likeness (QED) is 0.836. The second-order valence-electron chi connectivity index (χ2n) is 4.58. The number of ether oxygens (including phenoxy) is 1. The zero-order valence-electron chi connectivity index (χ0n) is 11.6. The van der Waals surface area contributed by atoms with Gasteiger partial charge in [0.15, 0.2) is 0 Å². The molecule has 2 rings (SSSR count). The minimum atomic E-state index is -0.0776. The minimum Gasteiger partial charge on any atom is -0.493 e. The van der Waals surface area contributed by atoms with Crippen molar-refractivity contribution in [2.24, 2.45) is 0 Å². The molecule has 1 aromatic heterocycles. The Bertz CT molecular complexity index is 567. The SMILES string of the molecule is Cc1ccc(OCCC(=O)NCc2ncn[nH]2)c(C)c1. The molecule has 20 heavy (non-hydrogen) atoms. The van der Waals surface area contributed by atoms with E-state index in [0.29, 0.717) is 25.4 Å². The van der Waals surface area contributed by atoms with Gasteiger partial charge < -0.3 is 10.1 Å². The first-order valence-corrected chi connectivity index (χ1v) is 6.46. The van der Waals surface area contributed by atoms with Crippen LogP contribution in [-0.4, -0.2) is 27.7 Å². The molecule has 0 saturated carbocycles. The van der Waals surface area contributed by atoms with Crippen molar-refractivity contribution in [1.82, 2.24) is 20.5 Å². The highest BCUT2D eigenvalue weighted by Crippen LogP contribution is 2.18. The van der Waals surface area contributed by atoms with Crippen molar-refractivity contribution in [2.75, 3.05) is 6.61 Å². The average Bonchev–Trinajstić information content (AvgIpc) is 2.92. The smallest absolute Gasteiger partial charge is 0.223 e. The van der Waals surface area contributed by atoms with Crippen LogP contribution in [0.5, 0.6) is 5.75 Å². The molecule has 1 aromatic carbocycles. The summed E-state index contributed by atoms with van der Waals surface area (Å²) in [4.78, 5) is 15.5. The normalized spacial score (nSPS) is 10.3. The van der Waals surface area contributed by atoms with E-state index < -0.39 is 0 Å². The lowest BCUT2D eigenvalue weighted by Gasteiger charge is -2.09. The van der Waals surface area contributed by atoms with Gasteiger partial charge in [0.25, 0.3) is 0 Å². The summed E-state index contributed by atoms with van der Waals surface area (Å²) in [6, 6.07) is 5.97. The first-order valence-electron chi connectivity index (χ1n) is 6.46. The molecule has 0 unspecified atom stereocenters. The molecule has 0 aliphatic rings. The molecule has 0 atom stereocenters. The van der Waals surface area contributed by atoms with Crippen molar-refractivity contribution in [3.8, 4) is 5.75 Å². The highest BCUT2D eigenvalue weighted by Gasteiger charge is 2.04. The Morgan fingerprint density at radius 3 is 2.95 bits per heavy atom. The molecule has 1 heterocycles. The van der Waals surface area contributed by atoms with Crippen molar-refractivity contribution in [3.63, 3.8) is 0 Å². The lowest BCUT2D eigenvalue weighted by molar-refractivity contribution is -0.121. The van der Waals surface area contributed by atoms with Crippen LogP contribution in [0.25, 0.3) is 0 Å². The van der Waals surface area contributed by atoms with Gasteiger partial charge >= 0.3 is 0 Å². The van der Waals surface area contributed by atoms with Gasteiger partial charge in [-0.15, -0.1) is 0 Å². The minimum absolute atomic E-state index is 0.0776. The number of H-pyrrole nitrogens is 1. The number of aromatic amines is 1. The molecule has 6 nitrogen and oxygen atoms in total. The van der Waals surface area contributed by atoms with Gasteiger partial charge in [-0.2, -0.15) is 5.10 Å². The summed E-state index contributed by atoms with van der Waals surface area (Å²) in [5.74, 6) is 1.37. The summed E-state index contributed by atoms with van der Waals surface area (Å²) in [7, 11) is 0. The monoisotopic (exact) mass is 274 g/mol. The molecule has 6 heteroatoms. The van der Waals surface area contributed by atoms with Crippen molar-refractivity contribution in [2.45, 2.75) is 26.8 Å². The van der Waals surface area contributed by atoms with Crippen molar-refractivity contribution < 1.29 is 9.53 Å². The van der Waals surface area contributed by atoms with Crippen LogP contribution >= 0.6 is 0 Å². The Balaban J connectivity index is 1.71. The van der Waals surface area contributed by atoms with Crippen LogP contribution in [0.1, 0.15) is 23.4 Å². The molecule has 0 fully saturated rings. The van der Waals surface area contributed by atoms with Gasteiger partial charge in [0.2, 0.25) is 5.91 Å². The number of aromatic nitrogens is 3. The average molecular weight is 274 g/mol. The van der Waals surface area contributed by atoms with Gasteiger partial charge in [-0.3, -0.25) is 9.89 Å². The topological polar surface area (TPSA) is 79.9 Å². The predicted molar refractivity (Wildman–Crippen MR) is 74.3 cm³/mol. The molecule has 0 saturated heterocycles. The Hall–Kier alpha value is -2.37. The number of amides is 1.